The van der Waals surface area contributed by atoms with E-state index in [4.69, 9.17) is 10.00 Å². The van der Waals surface area contributed by atoms with Gasteiger partial charge in [-0.05, 0) is 36.6 Å². The van der Waals surface area contributed by atoms with Gasteiger partial charge in [0.05, 0.1) is 25.0 Å². The van der Waals surface area contributed by atoms with Crippen LogP contribution >= 0.6 is 11.3 Å². The minimum absolute atomic E-state index is 0.0887. The number of hydrogen-bond acceptors (Lipinski definition) is 8. The first-order chi connectivity index (χ1) is 15.9. The molecule has 2 amide bonds. The molecule has 1 aliphatic rings. The van der Waals surface area contributed by atoms with E-state index in [0.717, 1.165) is 49.4 Å². The Labute approximate surface area is 198 Å². The van der Waals surface area contributed by atoms with Crippen LogP contribution in [0.25, 0.3) is 0 Å². The zero-order valence-electron chi connectivity index (χ0n) is 19.0. The molecule has 0 spiro atoms. The topological polar surface area (TPSA) is 119 Å². The Hall–Kier alpha value is -3.00. The highest BCUT2D eigenvalue weighted by atomic mass is 32.1. The maximum atomic E-state index is 12.7. The Morgan fingerprint density at radius 2 is 1.97 bits per heavy atom. The van der Waals surface area contributed by atoms with Crippen molar-refractivity contribution in [3.8, 4) is 6.07 Å². The van der Waals surface area contributed by atoms with E-state index in [1.54, 1.807) is 23.5 Å². The molecule has 9 nitrogen and oxygen atoms in total. The van der Waals surface area contributed by atoms with Gasteiger partial charge in [0.2, 0.25) is 5.91 Å². The lowest BCUT2D eigenvalue weighted by molar-refractivity contribution is -0.123. The molecule has 33 heavy (non-hydrogen) atoms. The zero-order chi connectivity index (χ0) is 23.6. The highest BCUT2D eigenvalue weighted by Gasteiger charge is 2.22. The number of amides is 2. The number of aromatic nitrogens is 1. The van der Waals surface area contributed by atoms with Crippen LogP contribution in [0, 0.1) is 17.2 Å². The lowest BCUT2D eigenvalue weighted by Gasteiger charge is -2.25. The first kappa shape index (κ1) is 24.6. The Kier molecular flexibility index (Phi) is 9.18. The van der Waals surface area contributed by atoms with Crippen molar-refractivity contribution in [2.75, 3.05) is 38.2 Å². The molecule has 10 heteroatoms. The summed E-state index contributed by atoms with van der Waals surface area (Å²) in [6.45, 7) is 8.03. The fourth-order valence-electron chi connectivity index (χ4n) is 3.45. The van der Waals surface area contributed by atoms with E-state index in [1.807, 2.05) is 37.4 Å². The third-order valence-corrected chi connectivity index (χ3v) is 5.92. The van der Waals surface area contributed by atoms with Gasteiger partial charge in [0, 0.05) is 36.3 Å². The van der Waals surface area contributed by atoms with Crippen LogP contribution in [-0.2, 0) is 16.1 Å². The number of anilines is 2. The van der Waals surface area contributed by atoms with Crippen molar-refractivity contribution >= 4 is 34.0 Å². The van der Waals surface area contributed by atoms with Crippen LogP contribution in [0.3, 0.4) is 0 Å². The van der Waals surface area contributed by atoms with Gasteiger partial charge in [-0.25, -0.2) is 4.98 Å². The predicted octanol–water partition coefficient (Wildman–Crippen LogP) is 2.50. The third kappa shape index (κ3) is 7.82. The van der Waals surface area contributed by atoms with Crippen LogP contribution in [-0.4, -0.2) is 60.6 Å². The summed E-state index contributed by atoms with van der Waals surface area (Å²) in [6, 6.07) is 8.22. The van der Waals surface area contributed by atoms with Crippen molar-refractivity contribution < 1.29 is 14.3 Å². The summed E-state index contributed by atoms with van der Waals surface area (Å²) in [4.78, 5) is 31.9. The van der Waals surface area contributed by atoms with Crippen molar-refractivity contribution in [3.05, 3.63) is 40.9 Å². The summed E-state index contributed by atoms with van der Waals surface area (Å²) >= 11 is 1.54. The van der Waals surface area contributed by atoms with Crippen LogP contribution in [0.1, 0.15) is 36.3 Å². The van der Waals surface area contributed by atoms with Gasteiger partial charge in [-0.2, -0.15) is 5.26 Å². The maximum Gasteiger partial charge on any atom is 0.251 e. The number of rotatable bonds is 10. The monoisotopic (exact) mass is 470 g/mol. The quantitative estimate of drug-likeness (QED) is 0.457. The first-order valence-corrected chi connectivity index (χ1v) is 11.9. The van der Waals surface area contributed by atoms with E-state index < -0.39 is 6.04 Å². The standard InChI is InChI=1S/C23H30N6O3S/c1-16(2)13-20(22(31)25-8-7-24)28-21(30)17-3-5-18(6-4-17)26-23-27-19(15-33-23)14-29-9-11-32-12-10-29/h3-6,15-16,20H,8-14H2,1-2H3,(H,25,31)(H,26,27)(H,28,30)/t20-/m0/s1. The summed E-state index contributed by atoms with van der Waals surface area (Å²) in [5.74, 6) is -0.476. The van der Waals surface area contributed by atoms with Crippen LogP contribution in [0.4, 0.5) is 10.8 Å². The summed E-state index contributed by atoms with van der Waals surface area (Å²) in [5, 5.41) is 20.1. The molecule has 0 unspecified atom stereocenters. The number of nitrogens with one attached hydrogen (secondary N) is 3. The minimum atomic E-state index is -0.691. The number of thiazole rings is 1. The van der Waals surface area contributed by atoms with E-state index in [9.17, 15) is 9.59 Å². The molecule has 1 aromatic heterocycles. The fraction of sp³-hybridized carbons (Fsp3) is 0.478. The van der Waals surface area contributed by atoms with E-state index >= 15 is 0 Å². The molecule has 2 aromatic rings. The van der Waals surface area contributed by atoms with Crippen molar-refractivity contribution in [1.82, 2.24) is 20.5 Å². The van der Waals surface area contributed by atoms with Gasteiger partial charge >= 0.3 is 0 Å². The van der Waals surface area contributed by atoms with Crippen molar-refractivity contribution in [2.24, 2.45) is 5.92 Å². The number of carbonyl (C=O) groups excluding carboxylic acids is 2. The molecular formula is C23H30N6O3S. The summed E-state index contributed by atoms with van der Waals surface area (Å²) in [5.41, 5.74) is 2.30. The van der Waals surface area contributed by atoms with Crippen LogP contribution in [0.5, 0.6) is 0 Å². The molecule has 0 bridgehead atoms. The average Bonchev–Trinajstić information content (AvgIpc) is 3.24. The van der Waals surface area contributed by atoms with Crippen molar-refractivity contribution in [2.45, 2.75) is 32.9 Å². The van der Waals surface area contributed by atoms with E-state index in [1.165, 1.54) is 0 Å². The second kappa shape index (κ2) is 12.3. The molecule has 1 atom stereocenters. The summed E-state index contributed by atoms with van der Waals surface area (Å²) < 4.78 is 5.38. The van der Waals surface area contributed by atoms with Gasteiger partial charge in [-0.15, -0.1) is 11.3 Å². The molecule has 1 saturated heterocycles. The number of hydrogen-bond donors (Lipinski definition) is 3. The first-order valence-electron chi connectivity index (χ1n) is 11.0. The second-order valence-electron chi connectivity index (χ2n) is 8.27. The fourth-order valence-corrected chi connectivity index (χ4v) is 4.17. The number of benzene rings is 1. The molecule has 0 radical (unpaired) electrons. The lowest BCUT2D eigenvalue weighted by atomic mass is 10.0. The van der Waals surface area contributed by atoms with Gasteiger partial charge in [-0.1, -0.05) is 13.8 Å². The number of nitriles is 1. The summed E-state index contributed by atoms with van der Waals surface area (Å²) in [7, 11) is 0. The average molecular weight is 471 g/mol. The smallest absolute Gasteiger partial charge is 0.251 e. The van der Waals surface area contributed by atoms with Crippen molar-refractivity contribution in [3.63, 3.8) is 0 Å². The normalized spacial score (nSPS) is 15.0. The number of nitrogens with zero attached hydrogens (tertiary/aromatic N) is 3. The molecule has 3 N–H and O–H groups in total. The predicted molar refractivity (Wildman–Crippen MR) is 127 cm³/mol. The van der Waals surface area contributed by atoms with E-state index in [-0.39, 0.29) is 24.3 Å². The molecule has 0 aliphatic carbocycles. The van der Waals surface area contributed by atoms with E-state index in [0.29, 0.717) is 12.0 Å². The highest BCUT2D eigenvalue weighted by Crippen LogP contribution is 2.22. The van der Waals surface area contributed by atoms with Gasteiger partial charge in [0.25, 0.3) is 5.91 Å². The Bertz CT molecular complexity index is 963. The Morgan fingerprint density at radius 1 is 1.24 bits per heavy atom. The largest absolute Gasteiger partial charge is 0.379 e. The van der Waals surface area contributed by atoms with Gasteiger partial charge < -0.3 is 20.7 Å². The molecular weight excluding hydrogens is 440 g/mol. The van der Waals surface area contributed by atoms with Crippen LogP contribution < -0.4 is 16.0 Å². The maximum absolute atomic E-state index is 12.7. The molecule has 1 fully saturated rings. The molecule has 176 valence electrons. The SMILES string of the molecule is CC(C)C[C@H](NC(=O)c1ccc(Nc2nc(CN3CCOCC3)cs2)cc1)C(=O)NCC#N. The zero-order valence-corrected chi connectivity index (χ0v) is 19.8. The third-order valence-electron chi connectivity index (χ3n) is 5.11. The Balaban J connectivity index is 1.56. The lowest BCUT2D eigenvalue weighted by Crippen LogP contribution is -2.47. The van der Waals surface area contributed by atoms with Crippen LogP contribution in [0.15, 0.2) is 29.6 Å². The van der Waals surface area contributed by atoms with Gasteiger partial charge in [0.1, 0.15) is 12.6 Å². The Morgan fingerprint density at radius 3 is 2.64 bits per heavy atom. The van der Waals surface area contributed by atoms with Gasteiger partial charge in [-0.3, -0.25) is 14.5 Å². The second-order valence-corrected chi connectivity index (χ2v) is 9.12. The number of ether oxygens (including phenoxy) is 1. The van der Waals surface area contributed by atoms with Gasteiger partial charge in [0.15, 0.2) is 5.13 Å². The molecule has 1 aromatic carbocycles. The van der Waals surface area contributed by atoms with Crippen molar-refractivity contribution in [1.29, 1.82) is 5.26 Å². The highest BCUT2D eigenvalue weighted by molar-refractivity contribution is 7.13. The molecule has 3 rings (SSSR count). The molecule has 2 heterocycles. The summed E-state index contributed by atoms with van der Waals surface area (Å²) in [6.07, 6.45) is 0.486. The van der Waals surface area contributed by atoms with E-state index in [2.05, 4.69) is 25.8 Å². The van der Waals surface area contributed by atoms with Crippen LogP contribution in [0.2, 0.25) is 0 Å². The minimum Gasteiger partial charge on any atom is -0.379 e. The molecule has 1 aliphatic heterocycles. The molecule has 0 saturated carbocycles. The number of carbonyl (C=O) groups is 2. The number of morpholine rings is 1.